The number of rotatable bonds is 2. The van der Waals surface area contributed by atoms with E-state index in [4.69, 9.17) is 11.6 Å². The van der Waals surface area contributed by atoms with Crippen molar-refractivity contribution >= 4 is 39.1 Å². The van der Waals surface area contributed by atoms with Gasteiger partial charge in [-0.1, -0.05) is 17.7 Å². The lowest BCUT2D eigenvalue weighted by atomic mass is 10.1. The summed E-state index contributed by atoms with van der Waals surface area (Å²) in [4.78, 5) is 28.1. The Balaban J connectivity index is 1.75. The SMILES string of the molecule is Cn1ncc(N2CCN(C(=O)c3c(F)cccc3Cl)CC2)c(Br)c1=O. The summed E-state index contributed by atoms with van der Waals surface area (Å²) in [6, 6.07) is 4.18. The monoisotopic (exact) mass is 428 g/mol. The summed E-state index contributed by atoms with van der Waals surface area (Å²) in [5.74, 6) is -1.05. The molecule has 1 aliphatic heterocycles. The first kappa shape index (κ1) is 17.9. The van der Waals surface area contributed by atoms with E-state index in [2.05, 4.69) is 21.0 Å². The van der Waals surface area contributed by atoms with Crippen molar-refractivity contribution in [1.82, 2.24) is 14.7 Å². The molecule has 1 aromatic heterocycles. The average molecular weight is 430 g/mol. The Labute approximate surface area is 156 Å². The van der Waals surface area contributed by atoms with Crippen molar-refractivity contribution in [3.05, 3.63) is 55.6 Å². The molecule has 3 rings (SSSR count). The maximum atomic E-state index is 13.9. The zero-order valence-electron chi connectivity index (χ0n) is 13.4. The van der Waals surface area contributed by atoms with E-state index in [1.165, 1.54) is 22.9 Å². The quantitative estimate of drug-likeness (QED) is 0.735. The van der Waals surface area contributed by atoms with Gasteiger partial charge in [-0.2, -0.15) is 5.10 Å². The molecule has 0 unspecified atom stereocenters. The Hall–Kier alpha value is -1.93. The van der Waals surface area contributed by atoms with Gasteiger partial charge in [0.15, 0.2) is 0 Å². The van der Waals surface area contributed by atoms with Gasteiger partial charge >= 0.3 is 0 Å². The van der Waals surface area contributed by atoms with Crippen molar-refractivity contribution in [3.8, 4) is 0 Å². The first-order chi connectivity index (χ1) is 11.9. The third-order valence-electron chi connectivity index (χ3n) is 4.14. The number of halogens is 3. The van der Waals surface area contributed by atoms with Crippen LogP contribution in [0.25, 0.3) is 0 Å². The standard InChI is InChI=1S/C16H15BrClFN4O2/c1-21-16(25)14(17)12(9-20-21)22-5-7-23(8-6-22)15(24)13-10(18)3-2-4-11(13)19/h2-4,9H,5-8H2,1H3. The van der Waals surface area contributed by atoms with Crippen molar-refractivity contribution in [2.45, 2.75) is 0 Å². The second-order valence-electron chi connectivity index (χ2n) is 5.65. The van der Waals surface area contributed by atoms with Crippen LogP contribution in [0, 0.1) is 5.82 Å². The molecule has 2 heterocycles. The number of benzene rings is 1. The van der Waals surface area contributed by atoms with E-state index in [9.17, 15) is 14.0 Å². The molecule has 0 bridgehead atoms. The lowest BCUT2D eigenvalue weighted by Gasteiger charge is -2.36. The molecule has 1 saturated heterocycles. The largest absolute Gasteiger partial charge is 0.366 e. The van der Waals surface area contributed by atoms with E-state index in [-0.39, 0.29) is 16.1 Å². The summed E-state index contributed by atoms with van der Waals surface area (Å²) in [5.41, 5.74) is 0.349. The average Bonchev–Trinajstić information content (AvgIpc) is 2.60. The smallest absolute Gasteiger partial charge is 0.282 e. The highest BCUT2D eigenvalue weighted by Crippen LogP contribution is 2.25. The molecule has 6 nitrogen and oxygen atoms in total. The van der Waals surface area contributed by atoms with E-state index in [0.717, 1.165) is 0 Å². The normalized spacial score (nSPS) is 14.7. The highest BCUT2D eigenvalue weighted by Gasteiger charge is 2.27. The van der Waals surface area contributed by atoms with Gasteiger partial charge < -0.3 is 9.80 Å². The van der Waals surface area contributed by atoms with Crippen LogP contribution >= 0.6 is 27.5 Å². The lowest BCUT2D eigenvalue weighted by molar-refractivity contribution is 0.0742. The topological polar surface area (TPSA) is 58.4 Å². The Morgan fingerprint density at radius 1 is 1.28 bits per heavy atom. The van der Waals surface area contributed by atoms with E-state index in [1.54, 1.807) is 18.1 Å². The van der Waals surface area contributed by atoms with E-state index < -0.39 is 11.7 Å². The Morgan fingerprint density at radius 2 is 1.96 bits per heavy atom. The minimum Gasteiger partial charge on any atom is -0.366 e. The van der Waals surface area contributed by atoms with Crippen LogP contribution in [-0.2, 0) is 7.05 Å². The van der Waals surface area contributed by atoms with E-state index in [0.29, 0.717) is 36.3 Å². The van der Waals surface area contributed by atoms with Gasteiger partial charge in [-0.25, -0.2) is 9.07 Å². The van der Waals surface area contributed by atoms with Crippen molar-refractivity contribution in [2.24, 2.45) is 7.05 Å². The molecule has 25 heavy (non-hydrogen) atoms. The zero-order valence-corrected chi connectivity index (χ0v) is 15.7. The maximum Gasteiger partial charge on any atom is 0.282 e. The van der Waals surface area contributed by atoms with Crippen LogP contribution in [0.2, 0.25) is 5.02 Å². The van der Waals surface area contributed by atoms with Gasteiger partial charge in [0.05, 0.1) is 22.5 Å². The number of aromatic nitrogens is 2. The number of anilines is 1. The molecule has 2 aromatic rings. The molecule has 132 valence electrons. The molecule has 1 aliphatic rings. The first-order valence-electron chi connectivity index (χ1n) is 7.60. The number of nitrogens with zero attached hydrogens (tertiary/aromatic N) is 4. The van der Waals surface area contributed by atoms with Crippen molar-refractivity contribution in [2.75, 3.05) is 31.1 Å². The first-order valence-corrected chi connectivity index (χ1v) is 8.77. The summed E-state index contributed by atoms with van der Waals surface area (Å²) < 4.78 is 15.6. The molecular weight excluding hydrogens is 415 g/mol. The number of amides is 1. The van der Waals surface area contributed by atoms with Crippen LogP contribution in [0.5, 0.6) is 0 Å². The highest BCUT2D eigenvalue weighted by atomic mass is 79.9. The minimum atomic E-state index is -0.626. The van der Waals surface area contributed by atoms with Gasteiger partial charge in [-0.05, 0) is 28.1 Å². The molecule has 1 amide bonds. The van der Waals surface area contributed by atoms with Gasteiger partial charge in [0.25, 0.3) is 11.5 Å². The number of carbonyl (C=O) groups excluding carboxylic acids is 1. The van der Waals surface area contributed by atoms with Gasteiger partial charge in [0.1, 0.15) is 10.3 Å². The van der Waals surface area contributed by atoms with Gasteiger partial charge in [0.2, 0.25) is 0 Å². The fourth-order valence-corrected chi connectivity index (χ4v) is 3.59. The number of hydrogen-bond donors (Lipinski definition) is 0. The maximum absolute atomic E-state index is 13.9. The number of hydrogen-bond acceptors (Lipinski definition) is 4. The summed E-state index contributed by atoms with van der Waals surface area (Å²) in [7, 11) is 1.58. The second-order valence-corrected chi connectivity index (χ2v) is 6.85. The van der Waals surface area contributed by atoms with Crippen LogP contribution < -0.4 is 10.5 Å². The minimum absolute atomic E-state index is 0.103. The fraction of sp³-hybridized carbons (Fsp3) is 0.312. The third kappa shape index (κ3) is 3.41. The predicted octanol–water partition coefficient (Wildman–Crippen LogP) is 2.30. The van der Waals surface area contributed by atoms with Crippen LogP contribution in [0.3, 0.4) is 0 Å². The fourth-order valence-electron chi connectivity index (χ4n) is 2.73. The predicted molar refractivity (Wildman–Crippen MR) is 96.7 cm³/mol. The Morgan fingerprint density at radius 3 is 2.60 bits per heavy atom. The summed E-state index contributed by atoms with van der Waals surface area (Å²) in [6.07, 6.45) is 1.61. The number of aryl methyl sites for hydroxylation is 1. The van der Waals surface area contributed by atoms with Crippen LogP contribution in [-0.4, -0.2) is 46.8 Å². The Bertz CT molecular complexity index is 861. The molecule has 1 fully saturated rings. The highest BCUT2D eigenvalue weighted by molar-refractivity contribution is 9.10. The van der Waals surface area contributed by atoms with Crippen molar-refractivity contribution < 1.29 is 9.18 Å². The van der Waals surface area contributed by atoms with Crippen LogP contribution in [0.15, 0.2) is 33.7 Å². The molecule has 9 heteroatoms. The molecule has 0 atom stereocenters. The molecular formula is C16H15BrClFN4O2. The molecule has 1 aromatic carbocycles. The Kier molecular flexibility index (Phi) is 5.10. The van der Waals surface area contributed by atoms with Crippen molar-refractivity contribution in [3.63, 3.8) is 0 Å². The molecule has 0 aliphatic carbocycles. The molecule has 0 N–H and O–H groups in total. The van der Waals surface area contributed by atoms with E-state index in [1.807, 2.05) is 4.90 Å². The number of carbonyl (C=O) groups is 1. The van der Waals surface area contributed by atoms with Gasteiger partial charge in [-0.3, -0.25) is 9.59 Å². The zero-order chi connectivity index (χ0) is 18.1. The molecule has 0 spiro atoms. The molecule has 0 saturated carbocycles. The van der Waals surface area contributed by atoms with Gasteiger partial charge in [-0.15, -0.1) is 0 Å². The van der Waals surface area contributed by atoms with Gasteiger partial charge in [0, 0.05) is 33.2 Å². The van der Waals surface area contributed by atoms with Crippen LogP contribution in [0.4, 0.5) is 10.1 Å². The van der Waals surface area contributed by atoms with Crippen molar-refractivity contribution in [1.29, 1.82) is 0 Å². The molecule has 0 radical (unpaired) electrons. The lowest BCUT2D eigenvalue weighted by Crippen LogP contribution is -2.49. The van der Waals surface area contributed by atoms with Crippen LogP contribution in [0.1, 0.15) is 10.4 Å². The summed E-state index contributed by atoms with van der Waals surface area (Å²) in [6.45, 7) is 1.80. The van der Waals surface area contributed by atoms with E-state index >= 15 is 0 Å². The second kappa shape index (κ2) is 7.13. The third-order valence-corrected chi connectivity index (χ3v) is 5.20. The summed E-state index contributed by atoms with van der Waals surface area (Å²) in [5, 5.41) is 4.13. The summed E-state index contributed by atoms with van der Waals surface area (Å²) >= 11 is 9.28. The number of piperazine rings is 1.